The third-order valence-corrected chi connectivity index (χ3v) is 5.25. The second kappa shape index (κ2) is 9.84. The van der Waals surface area contributed by atoms with Crippen molar-refractivity contribution in [2.45, 2.75) is 45.0 Å². The second-order valence-corrected chi connectivity index (χ2v) is 7.51. The van der Waals surface area contributed by atoms with E-state index in [0.717, 1.165) is 0 Å². The molecule has 5 nitrogen and oxygen atoms in total. The molecular formula is C22H35ClN4O. The SMILES string of the molecule is [2H]c1c([2H])c(C)c(Cl)c(N2C([2H])([2H])C([2H])([2H])N(CC([2H])([2H])C3CCC(NC(=O)N(C)C)CC3)C([2H])([2H])C2([2H])[2H])c1[2H]. The molecule has 1 aromatic carbocycles. The average Bonchev–Trinajstić information content (AvgIpc) is 2.86. The second-order valence-electron chi connectivity index (χ2n) is 7.13. The van der Waals surface area contributed by atoms with Gasteiger partial charge in [0.2, 0.25) is 0 Å². The summed E-state index contributed by atoms with van der Waals surface area (Å²) in [5.74, 6) is -0.705. The summed E-state index contributed by atoms with van der Waals surface area (Å²) in [6.07, 6.45) is -0.878. The van der Waals surface area contributed by atoms with E-state index >= 15 is 0 Å². The van der Waals surface area contributed by atoms with Crippen molar-refractivity contribution in [3.8, 4) is 0 Å². The van der Waals surface area contributed by atoms with E-state index in [0.29, 0.717) is 12.8 Å². The predicted molar refractivity (Wildman–Crippen MR) is 117 cm³/mol. The van der Waals surface area contributed by atoms with E-state index in [2.05, 4.69) is 5.32 Å². The van der Waals surface area contributed by atoms with Gasteiger partial charge in [0.1, 0.15) is 0 Å². The molecule has 0 unspecified atom stereocenters. The smallest absolute Gasteiger partial charge is 0.317 e. The first kappa shape index (κ1) is 10.0. The van der Waals surface area contributed by atoms with E-state index in [-0.39, 0.29) is 40.3 Å². The Morgan fingerprint density at radius 1 is 1.29 bits per heavy atom. The standard InChI is InChI=1S/C22H35ClN4O/c1-17-5-4-6-20(21(17)23)27-15-13-26(14-16-27)12-11-18-7-9-19(10-8-18)24-22(28)25(2)3/h4-6,18-19H,7-16H2,1-3H3,(H,24,28)/i4D,5D,6D,11D2,13D2,14D2,15D2,16D2. The Labute approximate surface area is 193 Å². The van der Waals surface area contributed by atoms with Crippen LogP contribution in [0.1, 0.15) is 55.4 Å². The van der Waals surface area contributed by atoms with Crippen molar-refractivity contribution in [3.05, 3.63) is 28.7 Å². The first-order valence-electron chi connectivity index (χ1n) is 15.8. The number of rotatable bonds is 5. The number of anilines is 1. The molecule has 3 rings (SSSR count). The van der Waals surface area contributed by atoms with Crippen molar-refractivity contribution in [2.24, 2.45) is 5.92 Å². The van der Waals surface area contributed by atoms with Crippen molar-refractivity contribution in [1.82, 2.24) is 15.1 Å². The molecule has 0 bridgehead atoms. The van der Waals surface area contributed by atoms with E-state index < -0.39 is 73.7 Å². The molecule has 1 aliphatic heterocycles. The number of piperazine rings is 1. The molecule has 0 spiro atoms. The summed E-state index contributed by atoms with van der Waals surface area (Å²) in [5.41, 5.74) is -0.861. The van der Waals surface area contributed by atoms with Crippen LogP contribution in [-0.2, 0) is 0 Å². The molecule has 28 heavy (non-hydrogen) atoms. The molecule has 1 saturated heterocycles. The van der Waals surface area contributed by atoms with Crippen LogP contribution < -0.4 is 10.2 Å². The number of nitrogens with one attached hydrogen (secondary N) is 1. The molecule has 156 valence electrons. The van der Waals surface area contributed by atoms with Gasteiger partial charge in [-0.15, -0.1) is 0 Å². The topological polar surface area (TPSA) is 38.8 Å². The molecule has 0 atom stereocenters. The van der Waals surface area contributed by atoms with Gasteiger partial charge in [0.15, 0.2) is 0 Å². The molecule has 2 aliphatic rings. The van der Waals surface area contributed by atoms with Crippen LogP contribution in [0.4, 0.5) is 10.5 Å². The zero-order valence-electron chi connectivity index (χ0n) is 29.3. The van der Waals surface area contributed by atoms with E-state index in [1.54, 1.807) is 14.1 Å². The first-order valence-corrected chi connectivity index (χ1v) is 9.64. The number of hydrogen-bond acceptors (Lipinski definition) is 3. The predicted octanol–water partition coefficient (Wildman–Crippen LogP) is 3.99. The van der Waals surface area contributed by atoms with Crippen LogP contribution in [0.3, 0.4) is 0 Å². The van der Waals surface area contributed by atoms with Crippen molar-refractivity contribution in [1.29, 1.82) is 0 Å². The minimum Gasteiger partial charge on any atom is -0.368 e. The number of nitrogens with zero attached hydrogens (tertiary/aromatic N) is 3. The zero-order valence-corrected chi connectivity index (χ0v) is 17.1. The highest BCUT2D eigenvalue weighted by atomic mass is 35.5. The van der Waals surface area contributed by atoms with Crippen LogP contribution in [0.5, 0.6) is 0 Å². The molecule has 1 aliphatic carbocycles. The van der Waals surface area contributed by atoms with Gasteiger partial charge in [-0.1, -0.05) is 23.7 Å². The lowest BCUT2D eigenvalue weighted by Crippen LogP contribution is -2.47. The molecule has 2 fully saturated rings. The highest BCUT2D eigenvalue weighted by molar-refractivity contribution is 6.34. The average molecular weight is 420 g/mol. The van der Waals surface area contributed by atoms with Crippen LogP contribution in [0.15, 0.2) is 18.1 Å². The van der Waals surface area contributed by atoms with Crippen LogP contribution in [0.25, 0.3) is 0 Å². The number of hydrogen-bond donors (Lipinski definition) is 1. The van der Waals surface area contributed by atoms with E-state index in [4.69, 9.17) is 29.4 Å². The molecule has 1 saturated carbocycles. The monoisotopic (exact) mass is 419 g/mol. The van der Waals surface area contributed by atoms with Crippen LogP contribution in [0, 0.1) is 12.8 Å². The normalized spacial score (nSPS) is 38.0. The third kappa shape index (κ3) is 5.54. The van der Waals surface area contributed by atoms with Gasteiger partial charge >= 0.3 is 6.03 Å². The van der Waals surface area contributed by atoms with Crippen LogP contribution in [-0.4, -0.2) is 68.5 Å². The molecule has 1 aromatic rings. The first-order chi connectivity index (χ1) is 18.4. The Hall–Kier alpha value is -1.46. The van der Waals surface area contributed by atoms with Gasteiger partial charge in [-0.2, -0.15) is 0 Å². The lowest BCUT2D eigenvalue weighted by atomic mass is 9.84. The van der Waals surface area contributed by atoms with Crippen molar-refractivity contribution < 1.29 is 22.6 Å². The number of halogens is 1. The molecule has 0 aromatic heterocycles. The maximum atomic E-state index is 12.0. The number of benzene rings is 1. The largest absolute Gasteiger partial charge is 0.368 e. The Balaban J connectivity index is 2.00. The summed E-state index contributed by atoms with van der Waals surface area (Å²) in [5, 5.41) is 2.35. The summed E-state index contributed by atoms with van der Waals surface area (Å²) < 4.78 is 111. The van der Waals surface area contributed by atoms with Crippen molar-refractivity contribution >= 4 is 23.3 Å². The molecular weight excluding hydrogens is 372 g/mol. The van der Waals surface area contributed by atoms with Gasteiger partial charge in [-0.3, -0.25) is 4.90 Å². The van der Waals surface area contributed by atoms with E-state index in [1.807, 2.05) is 0 Å². The fourth-order valence-electron chi connectivity index (χ4n) is 3.06. The highest BCUT2D eigenvalue weighted by Crippen LogP contribution is 2.30. The minimum atomic E-state index is -3.42. The van der Waals surface area contributed by atoms with Crippen molar-refractivity contribution in [2.75, 3.05) is 51.5 Å². The lowest BCUT2D eigenvalue weighted by Gasteiger charge is -2.37. The molecule has 6 heteroatoms. The molecule has 1 N–H and O–H groups in total. The Morgan fingerprint density at radius 2 is 1.96 bits per heavy atom. The Kier molecular flexibility index (Phi) is 3.52. The lowest BCUT2D eigenvalue weighted by molar-refractivity contribution is 0.194. The summed E-state index contributed by atoms with van der Waals surface area (Å²) in [7, 11) is 3.18. The summed E-state index contributed by atoms with van der Waals surface area (Å²) in [6.45, 7) is -13.3. The molecule has 1 heterocycles. The van der Waals surface area contributed by atoms with Gasteiger partial charge in [0.25, 0.3) is 0 Å². The van der Waals surface area contributed by atoms with Gasteiger partial charge in [-0.05, 0) is 63.0 Å². The van der Waals surface area contributed by atoms with Gasteiger partial charge in [0, 0.05) is 54.3 Å². The number of urea groups is 1. The summed E-state index contributed by atoms with van der Waals surface area (Å²) in [6, 6.07) is -2.54. The number of amides is 2. The number of carbonyl (C=O) groups excluding carboxylic acids is 1. The van der Waals surface area contributed by atoms with Gasteiger partial charge in [0.05, 0.1) is 20.3 Å². The third-order valence-electron chi connectivity index (χ3n) is 4.78. The number of carbonyl (C=O) groups is 1. The minimum absolute atomic E-state index is 0.0832. The van der Waals surface area contributed by atoms with E-state index in [9.17, 15) is 4.79 Å². The quantitative estimate of drug-likeness (QED) is 0.784. The Bertz CT molecular complexity index is 1130. The highest BCUT2D eigenvalue weighted by Gasteiger charge is 2.24. The van der Waals surface area contributed by atoms with Crippen molar-refractivity contribution in [3.63, 3.8) is 0 Å². The van der Waals surface area contributed by atoms with Gasteiger partial charge in [-0.25, -0.2) is 4.79 Å². The van der Waals surface area contributed by atoms with Crippen LogP contribution in [0.2, 0.25) is 5.02 Å². The molecule has 0 radical (unpaired) electrons. The summed E-state index contributed by atoms with van der Waals surface area (Å²) in [4.78, 5) is 13.7. The van der Waals surface area contributed by atoms with E-state index in [1.165, 1.54) is 11.8 Å². The fourth-order valence-corrected chi connectivity index (χ4v) is 3.24. The zero-order chi connectivity index (χ0) is 31.7. The Morgan fingerprint density at radius 3 is 2.61 bits per heavy atom. The summed E-state index contributed by atoms with van der Waals surface area (Å²) >= 11 is 6.31. The van der Waals surface area contributed by atoms with Crippen LogP contribution >= 0.6 is 11.6 Å². The van der Waals surface area contributed by atoms with Gasteiger partial charge < -0.3 is 15.1 Å². The maximum absolute atomic E-state index is 12.0. The molecule has 2 amide bonds. The fraction of sp³-hybridized carbons (Fsp3) is 0.682. The maximum Gasteiger partial charge on any atom is 0.317 e.